The van der Waals surface area contributed by atoms with Crippen LogP contribution in [0.1, 0.15) is 19.5 Å². The van der Waals surface area contributed by atoms with E-state index >= 15 is 0 Å². The summed E-state index contributed by atoms with van der Waals surface area (Å²) in [7, 11) is 3.10. The average molecular weight is 422 g/mol. The fourth-order valence-electron chi connectivity index (χ4n) is 2.95. The molecule has 1 aromatic carbocycles. The number of benzene rings is 1. The second-order valence-electron chi connectivity index (χ2n) is 6.26. The van der Waals surface area contributed by atoms with Gasteiger partial charge in [0.25, 0.3) is 5.56 Å². The van der Waals surface area contributed by atoms with Crippen LogP contribution < -0.4 is 20.3 Å². The van der Waals surface area contributed by atoms with E-state index in [0.717, 1.165) is 17.0 Å². The summed E-state index contributed by atoms with van der Waals surface area (Å²) >= 11 is 2.84. The second kappa shape index (κ2) is 8.91. The molecule has 0 radical (unpaired) electrons. The first kappa shape index (κ1) is 20.6. The van der Waals surface area contributed by atoms with Crippen LogP contribution in [0.25, 0.3) is 0 Å². The highest BCUT2D eigenvalue weighted by molar-refractivity contribution is 8.00. The summed E-state index contributed by atoms with van der Waals surface area (Å²) in [6.45, 7) is 4.51. The monoisotopic (exact) mass is 421 g/mol. The van der Waals surface area contributed by atoms with Crippen molar-refractivity contribution in [3.63, 3.8) is 0 Å². The fraction of sp³-hybridized carbons (Fsp3) is 0.421. The first-order valence-electron chi connectivity index (χ1n) is 8.91. The molecule has 0 aliphatic carbocycles. The quantitative estimate of drug-likeness (QED) is 0.543. The minimum absolute atomic E-state index is 0.0146. The highest BCUT2D eigenvalue weighted by atomic mass is 32.2. The third-order valence-electron chi connectivity index (χ3n) is 4.29. The molecule has 1 aromatic heterocycles. The molecule has 0 spiro atoms. The molecule has 2 aromatic rings. The van der Waals surface area contributed by atoms with E-state index in [-0.39, 0.29) is 17.2 Å². The van der Waals surface area contributed by atoms with Crippen LogP contribution in [0.3, 0.4) is 0 Å². The van der Waals surface area contributed by atoms with E-state index in [1.165, 1.54) is 11.8 Å². The summed E-state index contributed by atoms with van der Waals surface area (Å²) < 4.78 is 12.1. The zero-order valence-electron chi connectivity index (χ0n) is 16.3. The summed E-state index contributed by atoms with van der Waals surface area (Å²) in [5, 5.41) is 3.76. The largest absolute Gasteiger partial charge is 0.497 e. The molecule has 0 saturated carbocycles. The van der Waals surface area contributed by atoms with Gasteiger partial charge in [0.2, 0.25) is 5.91 Å². The highest BCUT2D eigenvalue weighted by Gasteiger charge is 2.26. The van der Waals surface area contributed by atoms with E-state index in [9.17, 15) is 9.59 Å². The van der Waals surface area contributed by atoms with Gasteiger partial charge in [-0.05, 0) is 19.1 Å². The summed E-state index contributed by atoms with van der Waals surface area (Å²) in [6.07, 6.45) is 0.778. The van der Waals surface area contributed by atoms with Gasteiger partial charge in [-0.25, -0.2) is 4.98 Å². The summed E-state index contributed by atoms with van der Waals surface area (Å²) in [6, 6.07) is 5.20. The van der Waals surface area contributed by atoms with Crippen molar-refractivity contribution in [1.82, 2.24) is 9.55 Å². The number of aromatic nitrogens is 2. The molecule has 7 nitrogen and oxygen atoms in total. The molecule has 1 N–H and O–H groups in total. The van der Waals surface area contributed by atoms with Crippen molar-refractivity contribution in [2.75, 3.05) is 25.3 Å². The smallest absolute Gasteiger partial charge is 0.268 e. The zero-order chi connectivity index (χ0) is 20.3. The zero-order valence-corrected chi connectivity index (χ0v) is 17.9. The Kier molecular flexibility index (Phi) is 6.56. The molecular formula is C19H23N3O4S2. The second-order valence-corrected chi connectivity index (χ2v) is 8.65. The van der Waals surface area contributed by atoms with Crippen LogP contribution in [0.2, 0.25) is 0 Å². The Morgan fingerprint density at radius 2 is 2.18 bits per heavy atom. The molecule has 28 heavy (non-hydrogen) atoms. The number of fused-ring (bicyclic) bond motifs is 1. The normalized spacial score (nSPS) is 15.2. The van der Waals surface area contributed by atoms with Gasteiger partial charge in [0.05, 0.1) is 36.2 Å². The van der Waals surface area contributed by atoms with Crippen molar-refractivity contribution in [3.8, 4) is 11.5 Å². The van der Waals surface area contributed by atoms with Gasteiger partial charge in [-0.1, -0.05) is 18.7 Å². The molecule has 0 fully saturated rings. The minimum atomic E-state index is -0.211. The van der Waals surface area contributed by atoms with Crippen LogP contribution in [0, 0.1) is 0 Å². The SMILES string of the molecule is CCn1c(SCC(=O)Nc2cc(OC)ccc2OC)nc2c(c1=O)S[C@@H](C)C2. The first-order chi connectivity index (χ1) is 13.5. The minimum Gasteiger partial charge on any atom is -0.497 e. The predicted octanol–water partition coefficient (Wildman–Crippen LogP) is 3.05. The maximum Gasteiger partial charge on any atom is 0.268 e. The lowest BCUT2D eigenvalue weighted by atomic mass is 10.2. The fourth-order valence-corrected chi connectivity index (χ4v) is 4.94. The van der Waals surface area contributed by atoms with E-state index in [1.807, 2.05) is 6.92 Å². The number of nitrogens with one attached hydrogen (secondary N) is 1. The Balaban J connectivity index is 1.75. The van der Waals surface area contributed by atoms with Crippen LogP contribution in [0.4, 0.5) is 5.69 Å². The van der Waals surface area contributed by atoms with Gasteiger partial charge >= 0.3 is 0 Å². The predicted molar refractivity (Wildman–Crippen MR) is 112 cm³/mol. The van der Waals surface area contributed by atoms with Gasteiger partial charge in [0.1, 0.15) is 11.5 Å². The maximum atomic E-state index is 12.7. The molecule has 0 bridgehead atoms. The van der Waals surface area contributed by atoms with Gasteiger partial charge in [0.15, 0.2) is 5.16 Å². The van der Waals surface area contributed by atoms with Crippen molar-refractivity contribution in [2.24, 2.45) is 0 Å². The van der Waals surface area contributed by atoms with E-state index in [0.29, 0.717) is 34.1 Å². The van der Waals surface area contributed by atoms with Crippen LogP contribution in [-0.2, 0) is 17.8 Å². The Morgan fingerprint density at radius 3 is 2.86 bits per heavy atom. The maximum absolute atomic E-state index is 12.7. The van der Waals surface area contributed by atoms with E-state index < -0.39 is 0 Å². The highest BCUT2D eigenvalue weighted by Crippen LogP contribution is 2.34. The Labute approximate surface area is 172 Å². The Morgan fingerprint density at radius 1 is 1.39 bits per heavy atom. The van der Waals surface area contributed by atoms with E-state index in [1.54, 1.807) is 48.7 Å². The van der Waals surface area contributed by atoms with Crippen molar-refractivity contribution in [2.45, 2.75) is 42.1 Å². The van der Waals surface area contributed by atoms with Crippen molar-refractivity contribution < 1.29 is 14.3 Å². The molecule has 1 amide bonds. The van der Waals surface area contributed by atoms with Crippen molar-refractivity contribution in [1.29, 1.82) is 0 Å². The third-order valence-corrected chi connectivity index (χ3v) is 6.48. The van der Waals surface area contributed by atoms with Gasteiger partial charge in [-0.2, -0.15) is 0 Å². The molecule has 0 unspecified atom stereocenters. The van der Waals surface area contributed by atoms with Crippen molar-refractivity contribution in [3.05, 3.63) is 34.2 Å². The third kappa shape index (κ3) is 4.30. The summed E-state index contributed by atoms with van der Waals surface area (Å²) in [4.78, 5) is 30.6. The lowest BCUT2D eigenvalue weighted by molar-refractivity contribution is -0.113. The molecule has 9 heteroatoms. The lowest BCUT2D eigenvalue weighted by Crippen LogP contribution is -2.25. The number of amides is 1. The number of methoxy groups -OCH3 is 2. The number of thioether (sulfide) groups is 2. The number of carbonyl (C=O) groups is 1. The van der Waals surface area contributed by atoms with E-state index in [4.69, 9.17) is 9.47 Å². The van der Waals surface area contributed by atoms with Gasteiger partial charge < -0.3 is 14.8 Å². The molecule has 2 heterocycles. The van der Waals surface area contributed by atoms with Gasteiger partial charge in [0, 0.05) is 24.3 Å². The van der Waals surface area contributed by atoms with Gasteiger partial charge in [-0.3, -0.25) is 14.2 Å². The number of nitrogens with zero attached hydrogens (tertiary/aromatic N) is 2. The van der Waals surface area contributed by atoms with Crippen LogP contribution in [-0.4, -0.2) is 40.7 Å². The molecule has 3 rings (SSSR count). The van der Waals surface area contributed by atoms with Crippen molar-refractivity contribution >= 4 is 35.1 Å². The average Bonchev–Trinajstić information content (AvgIpc) is 3.07. The molecule has 0 saturated heterocycles. The Hall–Kier alpha value is -2.13. The number of anilines is 1. The Bertz CT molecular complexity index is 946. The van der Waals surface area contributed by atoms with Crippen LogP contribution in [0.15, 0.2) is 33.0 Å². The standard InChI is InChI=1S/C19H23N3O4S2/c1-5-22-18(24)17-14(8-11(2)28-17)21-19(22)27-10-16(23)20-13-9-12(25-3)6-7-15(13)26-4/h6-7,9,11H,5,8,10H2,1-4H3,(H,20,23)/t11-/m0/s1. The number of ether oxygens (including phenoxy) is 2. The van der Waals surface area contributed by atoms with E-state index in [2.05, 4.69) is 17.2 Å². The molecule has 1 aliphatic heterocycles. The summed E-state index contributed by atoms with van der Waals surface area (Å²) in [5.74, 6) is 1.09. The molecule has 1 aliphatic rings. The number of hydrogen-bond acceptors (Lipinski definition) is 7. The number of rotatable bonds is 7. The topological polar surface area (TPSA) is 82.5 Å². The molecule has 150 valence electrons. The molecular weight excluding hydrogens is 398 g/mol. The van der Waals surface area contributed by atoms with Gasteiger partial charge in [-0.15, -0.1) is 11.8 Å². The number of hydrogen-bond donors (Lipinski definition) is 1. The summed E-state index contributed by atoms with van der Waals surface area (Å²) in [5.41, 5.74) is 1.36. The lowest BCUT2D eigenvalue weighted by Gasteiger charge is -2.13. The van der Waals surface area contributed by atoms with Crippen LogP contribution in [0.5, 0.6) is 11.5 Å². The number of carbonyl (C=O) groups excluding carboxylic acids is 1. The van der Waals surface area contributed by atoms with Crippen LogP contribution >= 0.6 is 23.5 Å². The molecule has 1 atom stereocenters. The first-order valence-corrected chi connectivity index (χ1v) is 10.8.